The molecule has 23 heavy (non-hydrogen) atoms. The number of carbonyl (C=O) groups is 1. The topological polar surface area (TPSA) is 53.9 Å². The number of ether oxygens (including phenoxy) is 1. The van der Waals surface area contributed by atoms with Crippen LogP contribution in [-0.2, 0) is 9.53 Å². The number of amidine groups is 1. The number of anilines is 1. The molecule has 0 aromatic heterocycles. The van der Waals surface area contributed by atoms with Crippen molar-refractivity contribution in [1.29, 1.82) is 0 Å². The summed E-state index contributed by atoms with van der Waals surface area (Å²) in [5.74, 6) is 0.202. The lowest BCUT2D eigenvalue weighted by Crippen LogP contribution is -2.48. The summed E-state index contributed by atoms with van der Waals surface area (Å²) in [5, 5.41) is 1.44. The summed E-state index contributed by atoms with van der Waals surface area (Å²) in [5.41, 5.74) is 3.20. The average Bonchev–Trinajstić information content (AvgIpc) is 2.82. The van der Waals surface area contributed by atoms with Crippen molar-refractivity contribution in [1.82, 2.24) is 5.01 Å². The maximum Gasteiger partial charge on any atom is 0.314 e. The molecule has 1 fully saturated rings. The molecule has 1 aliphatic heterocycles. The number of para-hydroxylation sites is 1. The molecule has 1 heterocycles. The van der Waals surface area contributed by atoms with E-state index in [-0.39, 0.29) is 11.8 Å². The number of carbonyl (C=O) groups excluding carboxylic acids is 1. The molecule has 1 aliphatic carbocycles. The minimum Gasteiger partial charge on any atom is -0.467 e. The standard InChI is InChI=1S/C17H22BrN3O2/c1-17(12-8-10-13(18)11-9-12)15(22)21(16(19-17)23-2)20-14-6-4-3-5-7-14/h3-7,12-13,20H,8-11H2,1-2H3. The van der Waals surface area contributed by atoms with Crippen LogP contribution in [0.15, 0.2) is 35.3 Å². The first-order chi connectivity index (χ1) is 11.0. The summed E-state index contributed by atoms with van der Waals surface area (Å²) < 4.78 is 5.36. The summed E-state index contributed by atoms with van der Waals surface area (Å²) >= 11 is 3.67. The molecule has 1 atom stereocenters. The molecule has 0 spiro atoms. The van der Waals surface area contributed by atoms with Crippen molar-refractivity contribution in [2.45, 2.75) is 43.0 Å². The zero-order chi connectivity index (χ0) is 16.4. The second kappa shape index (κ2) is 6.51. The molecule has 2 aliphatic rings. The summed E-state index contributed by atoms with van der Waals surface area (Å²) in [7, 11) is 1.55. The van der Waals surface area contributed by atoms with Crippen LogP contribution in [0.25, 0.3) is 0 Å². The van der Waals surface area contributed by atoms with Crippen molar-refractivity contribution in [3.8, 4) is 0 Å². The predicted octanol–water partition coefficient (Wildman–Crippen LogP) is 3.57. The minimum absolute atomic E-state index is 0.0452. The minimum atomic E-state index is -0.750. The van der Waals surface area contributed by atoms with Crippen molar-refractivity contribution in [2.75, 3.05) is 12.5 Å². The number of nitrogens with one attached hydrogen (secondary N) is 1. The molecule has 1 amide bonds. The first-order valence-electron chi connectivity index (χ1n) is 7.99. The number of hydrogen-bond acceptors (Lipinski definition) is 4. The number of amides is 1. The normalized spacial score (nSPS) is 31.0. The van der Waals surface area contributed by atoms with E-state index < -0.39 is 5.54 Å². The Labute approximate surface area is 145 Å². The SMILES string of the molecule is COC1=NC(C)(C2CCC(Br)CC2)C(=O)N1Nc1ccccc1. The van der Waals surface area contributed by atoms with Gasteiger partial charge in [-0.2, -0.15) is 5.01 Å². The zero-order valence-electron chi connectivity index (χ0n) is 13.5. The summed E-state index contributed by atoms with van der Waals surface area (Å²) in [6, 6.07) is 9.93. The van der Waals surface area contributed by atoms with Crippen molar-refractivity contribution in [3.63, 3.8) is 0 Å². The smallest absolute Gasteiger partial charge is 0.314 e. The number of halogens is 1. The fourth-order valence-electron chi connectivity index (χ4n) is 3.37. The Balaban J connectivity index is 1.81. The van der Waals surface area contributed by atoms with Crippen molar-refractivity contribution in [3.05, 3.63) is 30.3 Å². The Morgan fingerprint density at radius 3 is 2.52 bits per heavy atom. The van der Waals surface area contributed by atoms with Crippen molar-refractivity contribution in [2.24, 2.45) is 10.9 Å². The highest BCUT2D eigenvalue weighted by Crippen LogP contribution is 2.41. The fraction of sp³-hybridized carbons (Fsp3) is 0.529. The Hall–Kier alpha value is -1.56. The van der Waals surface area contributed by atoms with Gasteiger partial charge in [0.1, 0.15) is 5.54 Å². The van der Waals surface area contributed by atoms with Gasteiger partial charge in [-0.25, -0.2) is 4.99 Å². The lowest BCUT2D eigenvalue weighted by atomic mass is 9.76. The van der Waals surface area contributed by atoms with Gasteiger partial charge in [-0.1, -0.05) is 34.1 Å². The second-order valence-electron chi connectivity index (χ2n) is 6.31. The molecule has 0 radical (unpaired) electrons. The van der Waals surface area contributed by atoms with Crippen LogP contribution in [0.3, 0.4) is 0 Å². The van der Waals surface area contributed by atoms with Crippen LogP contribution in [0.4, 0.5) is 5.69 Å². The monoisotopic (exact) mass is 379 g/mol. The number of hydrazine groups is 1. The lowest BCUT2D eigenvalue weighted by molar-refractivity contribution is -0.132. The van der Waals surface area contributed by atoms with Gasteiger partial charge >= 0.3 is 6.02 Å². The van der Waals surface area contributed by atoms with Crippen LogP contribution >= 0.6 is 15.9 Å². The Morgan fingerprint density at radius 2 is 1.91 bits per heavy atom. The van der Waals surface area contributed by atoms with E-state index in [1.807, 2.05) is 37.3 Å². The second-order valence-corrected chi connectivity index (χ2v) is 7.61. The molecule has 0 bridgehead atoms. The van der Waals surface area contributed by atoms with E-state index in [9.17, 15) is 4.79 Å². The molecule has 1 aromatic carbocycles. The predicted molar refractivity (Wildman–Crippen MR) is 94.4 cm³/mol. The van der Waals surface area contributed by atoms with Crippen LogP contribution in [0.2, 0.25) is 0 Å². The van der Waals surface area contributed by atoms with Gasteiger partial charge in [0.15, 0.2) is 0 Å². The molecular formula is C17H22BrN3O2. The highest BCUT2D eigenvalue weighted by molar-refractivity contribution is 9.09. The van der Waals surface area contributed by atoms with Crippen molar-refractivity contribution < 1.29 is 9.53 Å². The van der Waals surface area contributed by atoms with Crippen LogP contribution in [0, 0.1) is 5.92 Å². The van der Waals surface area contributed by atoms with Crippen molar-refractivity contribution >= 4 is 33.5 Å². The lowest BCUT2D eigenvalue weighted by Gasteiger charge is -2.34. The molecule has 1 aromatic rings. The van der Waals surface area contributed by atoms with Gasteiger partial charge in [0, 0.05) is 4.83 Å². The third kappa shape index (κ3) is 3.09. The quantitative estimate of drug-likeness (QED) is 0.816. The fourth-order valence-corrected chi connectivity index (χ4v) is 3.90. The molecule has 3 rings (SSSR count). The molecule has 1 saturated carbocycles. The van der Waals surface area contributed by atoms with Gasteiger partial charge < -0.3 is 4.74 Å². The van der Waals surface area contributed by atoms with E-state index in [4.69, 9.17) is 4.74 Å². The number of benzene rings is 1. The van der Waals surface area contributed by atoms with Gasteiger partial charge in [-0.3, -0.25) is 10.2 Å². The van der Waals surface area contributed by atoms with Gasteiger partial charge in [0.05, 0.1) is 12.8 Å². The molecular weight excluding hydrogens is 358 g/mol. The number of hydrogen-bond donors (Lipinski definition) is 1. The Bertz CT molecular complexity index is 599. The Morgan fingerprint density at radius 1 is 1.26 bits per heavy atom. The molecule has 6 heteroatoms. The van der Waals surface area contributed by atoms with Crippen LogP contribution in [-0.4, -0.2) is 34.4 Å². The number of rotatable bonds is 3. The highest BCUT2D eigenvalue weighted by atomic mass is 79.9. The molecule has 0 saturated heterocycles. The van der Waals surface area contributed by atoms with E-state index in [0.717, 1.165) is 31.4 Å². The maximum absolute atomic E-state index is 13.0. The zero-order valence-corrected chi connectivity index (χ0v) is 15.0. The van der Waals surface area contributed by atoms with E-state index >= 15 is 0 Å². The summed E-state index contributed by atoms with van der Waals surface area (Å²) in [6.07, 6.45) is 4.16. The van der Waals surface area contributed by atoms with Crippen LogP contribution in [0.5, 0.6) is 0 Å². The number of methoxy groups -OCH3 is 1. The molecule has 1 unspecified atom stereocenters. The average molecular weight is 380 g/mol. The molecule has 124 valence electrons. The first kappa shape index (κ1) is 16.3. The number of alkyl halides is 1. The van der Waals surface area contributed by atoms with Crippen LogP contribution in [0.1, 0.15) is 32.6 Å². The Kier molecular flexibility index (Phi) is 4.62. The third-order valence-electron chi connectivity index (χ3n) is 4.80. The first-order valence-corrected chi connectivity index (χ1v) is 8.90. The molecule has 1 N–H and O–H groups in total. The van der Waals surface area contributed by atoms with Gasteiger partial charge in [-0.05, 0) is 50.7 Å². The largest absolute Gasteiger partial charge is 0.467 e. The van der Waals surface area contributed by atoms with Crippen LogP contribution < -0.4 is 5.43 Å². The summed E-state index contributed by atoms with van der Waals surface area (Å²) in [6.45, 7) is 1.93. The van der Waals surface area contributed by atoms with E-state index in [0.29, 0.717) is 10.8 Å². The third-order valence-corrected chi connectivity index (χ3v) is 5.72. The maximum atomic E-state index is 13.0. The van der Waals surface area contributed by atoms with E-state index in [2.05, 4.69) is 26.3 Å². The van der Waals surface area contributed by atoms with Gasteiger partial charge in [0.2, 0.25) is 0 Å². The van der Waals surface area contributed by atoms with E-state index in [1.54, 1.807) is 7.11 Å². The van der Waals surface area contributed by atoms with Gasteiger partial charge in [0.25, 0.3) is 5.91 Å². The van der Waals surface area contributed by atoms with E-state index in [1.165, 1.54) is 5.01 Å². The molecule has 5 nitrogen and oxygen atoms in total. The number of nitrogens with zero attached hydrogens (tertiary/aromatic N) is 2. The number of aliphatic imine (C=N–C) groups is 1. The highest BCUT2D eigenvalue weighted by Gasteiger charge is 2.51. The summed E-state index contributed by atoms with van der Waals surface area (Å²) in [4.78, 5) is 18.2. The van der Waals surface area contributed by atoms with Gasteiger partial charge in [-0.15, -0.1) is 0 Å².